The van der Waals surface area contributed by atoms with Crippen molar-refractivity contribution in [3.63, 3.8) is 0 Å². The number of unbranched alkanes of at least 4 members (excludes halogenated alkanes) is 3. The van der Waals surface area contributed by atoms with Gasteiger partial charge in [-0.2, -0.15) is 0 Å². The van der Waals surface area contributed by atoms with Gasteiger partial charge in [0.1, 0.15) is 11.6 Å². The van der Waals surface area contributed by atoms with E-state index in [1.165, 1.54) is 0 Å². The Kier molecular flexibility index (Phi) is 6.84. The van der Waals surface area contributed by atoms with Crippen molar-refractivity contribution < 1.29 is 24.2 Å². The lowest BCUT2D eigenvalue weighted by atomic mass is 9.70. The number of carbonyl (C=O) groups excluding carboxylic acids is 3. The van der Waals surface area contributed by atoms with Crippen LogP contribution >= 0.6 is 15.9 Å². The Morgan fingerprint density at radius 1 is 1.23 bits per heavy atom. The normalized spacial score (nSPS) is 34.9. The summed E-state index contributed by atoms with van der Waals surface area (Å²) in [5.74, 6) is -1.87. The first-order valence-electron chi connectivity index (χ1n) is 10.8. The van der Waals surface area contributed by atoms with Crippen LogP contribution in [0.15, 0.2) is 0 Å². The van der Waals surface area contributed by atoms with E-state index in [0.29, 0.717) is 13.0 Å². The van der Waals surface area contributed by atoms with Gasteiger partial charge < -0.3 is 25.4 Å². The van der Waals surface area contributed by atoms with Crippen molar-refractivity contribution in [2.24, 2.45) is 11.8 Å². The minimum absolute atomic E-state index is 0.0849. The first-order valence-corrected chi connectivity index (χ1v) is 11.8. The van der Waals surface area contributed by atoms with E-state index in [0.717, 1.165) is 25.7 Å². The van der Waals surface area contributed by atoms with E-state index in [1.807, 2.05) is 20.8 Å². The molecule has 3 heterocycles. The number of fused-ring (bicyclic) bond motifs is 1. The average molecular weight is 488 g/mol. The molecule has 0 aromatic heterocycles. The molecule has 2 bridgehead atoms. The number of amides is 3. The number of rotatable bonds is 8. The minimum atomic E-state index is -0.993. The highest BCUT2D eigenvalue weighted by Gasteiger charge is 2.76. The van der Waals surface area contributed by atoms with Gasteiger partial charge in [-0.3, -0.25) is 14.4 Å². The summed E-state index contributed by atoms with van der Waals surface area (Å²) in [6, 6.07) is -0.758. The molecule has 3 aliphatic rings. The zero-order valence-electron chi connectivity index (χ0n) is 18.2. The molecule has 3 aliphatic heterocycles. The SMILES string of the molecule is CNC(=O)[C@H]1[C@H]2C(=O)N(CCCCCCO)C(C(=O)NC(C)(C)C)C23CC(Br)[C@@H]1O3. The van der Waals surface area contributed by atoms with Gasteiger partial charge in [-0.25, -0.2) is 0 Å². The van der Waals surface area contributed by atoms with Crippen LogP contribution in [-0.4, -0.2) is 76.0 Å². The molecule has 0 saturated carbocycles. The number of nitrogens with one attached hydrogen (secondary N) is 2. The first kappa shape index (κ1) is 23.5. The Morgan fingerprint density at radius 2 is 1.90 bits per heavy atom. The van der Waals surface area contributed by atoms with Crippen LogP contribution in [0.3, 0.4) is 0 Å². The smallest absolute Gasteiger partial charge is 0.246 e. The molecule has 9 heteroatoms. The second-order valence-electron chi connectivity index (χ2n) is 9.69. The molecule has 3 N–H and O–H groups in total. The number of hydrogen-bond acceptors (Lipinski definition) is 5. The zero-order chi connectivity index (χ0) is 22.3. The number of carbonyl (C=O) groups is 3. The minimum Gasteiger partial charge on any atom is -0.396 e. The maximum absolute atomic E-state index is 13.5. The lowest BCUT2D eigenvalue weighted by Crippen LogP contribution is -2.58. The summed E-state index contributed by atoms with van der Waals surface area (Å²) in [7, 11) is 1.56. The van der Waals surface area contributed by atoms with Crippen LogP contribution in [0.4, 0.5) is 0 Å². The van der Waals surface area contributed by atoms with Gasteiger partial charge in [-0.15, -0.1) is 0 Å². The second-order valence-corrected chi connectivity index (χ2v) is 10.9. The second kappa shape index (κ2) is 8.74. The Morgan fingerprint density at radius 3 is 2.50 bits per heavy atom. The highest BCUT2D eigenvalue weighted by atomic mass is 79.9. The standard InChI is InChI=1S/C21H34BrN3O5/c1-20(2,3)24-18(28)16-21-11-12(22)15(30-21)13(17(27)23-4)14(21)19(29)25(16)9-7-5-6-8-10-26/h12-16,26H,5-11H2,1-4H3,(H,23,27)(H,24,28)/t12?,13-,14-,15-,16?,21?/m0/s1. The number of ether oxygens (including phenoxy) is 1. The molecule has 3 fully saturated rings. The molecule has 0 aromatic carbocycles. The van der Waals surface area contributed by atoms with Crippen LogP contribution in [0, 0.1) is 11.8 Å². The van der Waals surface area contributed by atoms with Crippen LogP contribution in [0.1, 0.15) is 52.9 Å². The summed E-state index contributed by atoms with van der Waals surface area (Å²) in [6.45, 7) is 6.31. The lowest BCUT2D eigenvalue weighted by molar-refractivity contribution is -0.142. The van der Waals surface area contributed by atoms with Crippen LogP contribution in [-0.2, 0) is 19.1 Å². The third kappa shape index (κ3) is 4.00. The van der Waals surface area contributed by atoms with Crippen molar-refractivity contribution in [1.29, 1.82) is 0 Å². The van der Waals surface area contributed by atoms with Crippen molar-refractivity contribution in [3.05, 3.63) is 0 Å². The third-order valence-corrected chi connectivity index (χ3v) is 7.24. The van der Waals surface area contributed by atoms with E-state index < -0.39 is 35.1 Å². The molecule has 30 heavy (non-hydrogen) atoms. The average Bonchev–Trinajstić information content (AvgIpc) is 3.23. The summed E-state index contributed by atoms with van der Waals surface area (Å²) in [5, 5.41) is 14.7. The summed E-state index contributed by atoms with van der Waals surface area (Å²) >= 11 is 3.63. The fourth-order valence-electron chi connectivity index (χ4n) is 5.32. The predicted molar refractivity (Wildman–Crippen MR) is 115 cm³/mol. The van der Waals surface area contributed by atoms with Gasteiger partial charge >= 0.3 is 0 Å². The Labute approximate surface area is 186 Å². The first-order chi connectivity index (χ1) is 14.1. The van der Waals surface area contributed by atoms with Crippen molar-refractivity contribution in [2.45, 2.75) is 81.0 Å². The quantitative estimate of drug-likeness (QED) is 0.348. The van der Waals surface area contributed by atoms with Crippen LogP contribution in [0.25, 0.3) is 0 Å². The van der Waals surface area contributed by atoms with E-state index in [-0.39, 0.29) is 29.2 Å². The summed E-state index contributed by atoms with van der Waals surface area (Å²) in [6.07, 6.45) is 3.29. The molecule has 0 aliphatic carbocycles. The van der Waals surface area contributed by atoms with E-state index in [2.05, 4.69) is 26.6 Å². The number of likely N-dealkylation sites (tertiary alicyclic amines) is 1. The molecular formula is C21H34BrN3O5. The molecule has 1 spiro atoms. The van der Waals surface area contributed by atoms with Crippen molar-refractivity contribution >= 4 is 33.7 Å². The molecule has 3 saturated heterocycles. The third-order valence-electron chi connectivity index (χ3n) is 6.39. The predicted octanol–water partition coefficient (Wildman–Crippen LogP) is 0.948. The summed E-state index contributed by atoms with van der Waals surface area (Å²) in [4.78, 5) is 41.2. The van der Waals surface area contributed by atoms with E-state index in [4.69, 9.17) is 9.84 Å². The highest BCUT2D eigenvalue weighted by molar-refractivity contribution is 9.09. The zero-order valence-corrected chi connectivity index (χ0v) is 19.8. The highest BCUT2D eigenvalue weighted by Crippen LogP contribution is 2.60. The molecule has 3 rings (SSSR count). The van der Waals surface area contributed by atoms with Gasteiger partial charge in [0.25, 0.3) is 0 Å². The van der Waals surface area contributed by atoms with Gasteiger partial charge in [0.15, 0.2) is 0 Å². The van der Waals surface area contributed by atoms with E-state index >= 15 is 0 Å². The Hall–Kier alpha value is -1.19. The van der Waals surface area contributed by atoms with Gasteiger partial charge in [0.2, 0.25) is 17.7 Å². The van der Waals surface area contributed by atoms with E-state index in [9.17, 15) is 14.4 Å². The fraction of sp³-hybridized carbons (Fsp3) is 0.857. The largest absolute Gasteiger partial charge is 0.396 e. The van der Waals surface area contributed by atoms with Crippen molar-refractivity contribution in [2.75, 3.05) is 20.2 Å². The maximum atomic E-state index is 13.5. The molecule has 0 aromatic rings. The number of hydrogen-bond donors (Lipinski definition) is 3. The lowest BCUT2D eigenvalue weighted by Gasteiger charge is -2.36. The number of aliphatic hydroxyl groups is 1. The molecule has 8 nitrogen and oxygen atoms in total. The number of nitrogens with zero attached hydrogens (tertiary/aromatic N) is 1. The Balaban J connectivity index is 1.91. The van der Waals surface area contributed by atoms with Crippen LogP contribution < -0.4 is 10.6 Å². The summed E-state index contributed by atoms with van der Waals surface area (Å²) < 4.78 is 6.36. The van der Waals surface area contributed by atoms with Crippen molar-refractivity contribution in [1.82, 2.24) is 15.5 Å². The molecule has 6 atom stereocenters. The molecule has 0 radical (unpaired) electrons. The van der Waals surface area contributed by atoms with Gasteiger partial charge in [-0.1, -0.05) is 28.8 Å². The maximum Gasteiger partial charge on any atom is 0.246 e. The molecular weight excluding hydrogens is 454 g/mol. The van der Waals surface area contributed by atoms with Gasteiger partial charge in [0, 0.05) is 30.6 Å². The van der Waals surface area contributed by atoms with Gasteiger partial charge in [-0.05, 0) is 40.0 Å². The van der Waals surface area contributed by atoms with Crippen LogP contribution in [0.2, 0.25) is 0 Å². The molecule has 170 valence electrons. The Bertz CT molecular complexity index is 697. The monoisotopic (exact) mass is 487 g/mol. The van der Waals surface area contributed by atoms with E-state index in [1.54, 1.807) is 11.9 Å². The van der Waals surface area contributed by atoms with Crippen molar-refractivity contribution in [3.8, 4) is 0 Å². The molecule has 3 amide bonds. The number of aliphatic hydroxyl groups excluding tert-OH is 1. The van der Waals surface area contributed by atoms with Gasteiger partial charge in [0.05, 0.1) is 17.9 Å². The fourth-order valence-corrected chi connectivity index (χ4v) is 6.27. The number of halogens is 1. The summed E-state index contributed by atoms with van der Waals surface area (Å²) in [5.41, 5.74) is -1.44. The molecule has 3 unspecified atom stereocenters. The topological polar surface area (TPSA) is 108 Å². The number of alkyl halides is 1. The van der Waals surface area contributed by atoms with Crippen LogP contribution in [0.5, 0.6) is 0 Å².